The molecule has 1 atom stereocenters. The van der Waals surface area contributed by atoms with Gasteiger partial charge >= 0.3 is 5.97 Å². The number of aliphatic carboxylic acids is 1. The highest BCUT2D eigenvalue weighted by atomic mass is 35.5. The van der Waals surface area contributed by atoms with Crippen molar-refractivity contribution in [3.05, 3.63) is 21.3 Å². The van der Waals surface area contributed by atoms with Crippen molar-refractivity contribution >= 4 is 34.8 Å². The first-order chi connectivity index (χ1) is 7.99. The summed E-state index contributed by atoms with van der Waals surface area (Å²) in [7, 11) is 0. The number of carbonyl (C=O) groups excluding carboxylic acids is 1. The molecule has 0 aromatic carbocycles. The van der Waals surface area contributed by atoms with Crippen molar-refractivity contribution in [1.82, 2.24) is 5.32 Å². The molecule has 0 saturated carbocycles. The predicted octanol–water partition coefficient (Wildman–Crippen LogP) is 1.21. The Morgan fingerprint density at radius 2 is 2.29 bits per heavy atom. The molecule has 94 valence electrons. The molecular formula is C10H13ClN2O3S. The summed E-state index contributed by atoms with van der Waals surface area (Å²) in [6.45, 7) is 0.401. The highest BCUT2D eigenvalue weighted by Gasteiger charge is 2.13. The first-order valence-corrected chi connectivity index (χ1v) is 6.23. The molecule has 0 aliphatic heterocycles. The van der Waals surface area contributed by atoms with E-state index in [0.717, 1.165) is 4.88 Å². The van der Waals surface area contributed by atoms with Crippen molar-refractivity contribution in [1.29, 1.82) is 0 Å². The standard InChI is InChI=1S/C10H13ClN2O3S/c11-6-3-7(17-5-6)4-13-9(14)2-1-8(12)10(15)16/h3,5,8H,1-2,4,12H2,(H,13,14)(H,15,16). The second-order valence-electron chi connectivity index (χ2n) is 3.49. The Labute approximate surface area is 108 Å². The third kappa shape index (κ3) is 5.16. The molecular weight excluding hydrogens is 264 g/mol. The summed E-state index contributed by atoms with van der Waals surface area (Å²) in [6.07, 6.45) is 0.235. The van der Waals surface area contributed by atoms with E-state index in [4.69, 9.17) is 22.4 Å². The van der Waals surface area contributed by atoms with Crippen LogP contribution in [0.4, 0.5) is 0 Å². The average Bonchev–Trinajstić information content (AvgIpc) is 2.69. The topological polar surface area (TPSA) is 92.4 Å². The number of rotatable bonds is 6. The maximum Gasteiger partial charge on any atom is 0.320 e. The lowest BCUT2D eigenvalue weighted by Crippen LogP contribution is -2.32. The highest BCUT2D eigenvalue weighted by molar-refractivity contribution is 7.10. The Morgan fingerprint density at radius 1 is 1.59 bits per heavy atom. The summed E-state index contributed by atoms with van der Waals surface area (Å²) in [5, 5.41) is 13.6. The second kappa shape index (κ2) is 6.58. The van der Waals surface area contributed by atoms with Gasteiger partial charge in [0.1, 0.15) is 6.04 Å². The van der Waals surface area contributed by atoms with Gasteiger partial charge in [0.25, 0.3) is 0 Å². The number of carboxylic acids is 1. The summed E-state index contributed by atoms with van der Waals surface area (Å²) in [5.41, 5.74) is 5.28. The van der Waals surface area contributed by atoms with Crippen molar-refractivity contribution < 1.29 is 14.7 Å². The number of nitrogens with one attached hydrogen (secondary N) is 1. The van der Waals surface area contributed by atoms with E-state index in [1.54, 1.807) is 11.4 Å². The number of hydrogen-bond donors (Lipinski definition) is 3. The van der Waals surface area contributed by atoms with Crippen LogP contribution in [0.15, 0.2) is 11.4 Å². The van der Waals surface area contributed by atoms with Crippen LogP contribution in [0.2, 0.25) is 5.02 Å². The van der Waals surface area contributed by atoms with Crippen LogP contribution in [-0.4, -0.2) is 23.0 Å². The zero-order valence-electron chi connectivity index (χ0n) is 8.98. The fraction of sp³-hybridized carbons (Fsp3) is 0.400. The van der Waals surface area contributed by atoms with Crippen molar-refractivity contribution in [2.75, 3.05) is 0 Å². The molecule has 1 rings (SSSR count). The van der Waals surface area contributed by atoms with Crippen molar-refractivity contribution in [2.24, 2.45) is 5.73 Å². The Hall–Kier alpha value is -1.11. The molecule has 1 aromatic rings. The quantitative estimate of drug-likeness (QED) is 0.728. The van der Waals surface area contributed by atoms with Gasteiger partial charge in [0.2, 0.25) is 5.91 Å². The van der Waals surface area contributed by atoms with Crippen LogP contribution in [0.5, 0.6) is 0 Å². The van der Waals surface area contributed by atoms with Crippen LogP contribution in [0, 0.1) is 0 Å². The normalized spacial score (nSPS) is 12.1. The van der Waals surface area contributed by atoms with E-state index in [2.05, 4.69) is 5.32 Å². The summed E-state index contributed by atoms with van der Waals surface area (Å²) >= 11 is 7.18. The number of thiophene rings is 1. The second-order valence-corrected chi connectivity index (χ2v) is 4.92. The average molecular weight is 277 g/mol. The molecule has 17 heavy (non-hydrogen) atoms. The van der Waals surface area contributed by atoms with Crippen LogP contribution in [-0.2, 0) is 16.1 Å². The molecule has 1 amide bonds. The van der Waals surface area contributed by atoms with E-state index in [0.29, 0.717) is 11.6 Å². The lowest BCUT2D eigenvalue weighted by atomic mass is 10.1. The number of nitrogens with two attached hydrogens (primary N) is 1. The van der Waals surface area contributed by atoms with E-state index in [-0.39, 0.29) is 18.7 Å². The molecule has 0 aliphatic rings. The van der Waals surface area contributed by atoms with Crippen molar-refractivity contribution in [2.45, 2.75) is 25.4 Å². The number of amides is 1. The monoisotopic (exact) mass is 276 g/mol. The third-order valence-electron chi connectivity index (χ3n) is 2.08. The molecule has 5 nitrogen and oxygen atoms in total. The van der Waals surface area contributed by atoms with Crippen LogP contribution in [0.1, 0.15) is 17.7 Å². The van der Waals surface area contributed by atoms with Crippen LogP contribution in [0.3, 0.4) is 0 Å². The summed E-state index contributed by atoms with van der Waals surface area (Å²) in [5.74, 6) is -1.31. The molecule has 4 N–H and O–H groups in total. The fourth-order valence-electron chi connectivity index (χ4n) is 1.13. The van der Waals surface area contributed by atoms with Gasteiger partial charge in [-0.15, -0.1) is 11.3 Å². The van der Waals surface area contributed by atoms with E-state index in [9.17, 15) is 9.59 Å². The van der Waals surface area contributed by atoms with Gasteiger partial charge in [-0.1, -0.05) is 11.6 Å². The SMILES string of the molecule is NC(CCC(=O)NCc1cc(Cl)cs1)C(=O)O. The molecule has 1 aromatic heterocycles. The van der Waals surface area contributed by atoms with Crippen LogP contribution < -0.4 is 11.1 Å². The Morgan fingerprint density at radius 3 is 2.82 bits per heavy atom. The van der Waals surface area contributed by atoms with Crippen LogP contribution in [0.25, 0.3) is 0 Å². The number of carbonyl (C=O) groups is 2. The highest BCUT2D eigenvalue weighted by Crippen LogP contribution is 2.18. The maximum absolute atomic E-state index is 11.4. The molecule has 0 bridgehead atoms. The predicted molar refractivity (Wildman–Crippen MR) is 66.0 cm³/mol. The number of halogens is 1. The van der Waals surface area contributed by atoms with E-state index >= 15 is 0 Å². The smallest absolute Gasteiger partial charge is 0.320 e. The van der Waals surface area contributed by atoms with Gasteiger partial charge in [-0.3, -0.25) is 9.59 Å². The van der Waals surface area contributed by atoms with Gasteiger partial charge in [-0.2, -0.15) is 0 Å². The Balaban J connectivity index is 2.24. The van der Waals surface area contributed by atoms with Crippen LogP contribution >= 0.6 is 22.9 Å². The maximum atomic E-state index is 11.4. The number of carboxylic acid groups (broad SMARTS) is 1. The molecule has 7 heteroatoms. The van der Waals surface area contributed by atoms with Gasteiger partial charge in [0.05, 0.1) is 11.6 Å². The minimum atomic E-state index is -1.09. The van der Waals surface area contributed by atoms with Crippen molar-refractivity contribution in [3.63, 3.8) is 0 Å². The Bertz CT molecular complexity index is 408. The molecule has 1 unspecified atom stereocenters. The fourth-order valence-corrected chi connectivity index (χ4v) is 2.14. The third-order valence-corrected chi connectivity index (χ3v) is 3.37. The molecule has 0 radical (unpaired) electrons. The van der Waals surface area contributed by atoms with Gasteiger partial charge in [0.15, 0.2) is 0 Å². The van der Waals surface area contributed by atoms with E-state index in [1.165, 1.54) is 11.3 Å². The zero-order chi connectivity index (χ0) is 12.8. The number of hydrogen-bond acceptors (Lipinski definition) is 4. The lowest BCUT2D eigenvalue weighted by Gasteiger charge is -2.06. The first kappa shape index (κ1) is 14.0. The molecule has 1 heterocycles. The van der Waals surface area contributed by atoms with Gasteiger partial charge in [-0.05, 0) is 12.5 Å². The van der Waals surface area contributed by atoms with Gasteiger partial charge < -0.3 is 16.2 Å². The molecule has 0 fully saturated rings. The lowest BCUT2D eigenvalue weighted by molar-refractivity contribution is -0.138. The molecule has 0 spiro atoms. The van der Waals surface area contributed by atoms with E-state index in [1.807, 2.05) is 0 Å². The van der Waals surface area contributed by atoms with E-state index < -0.39 is 12.0 Å². The van der Waals surface area contributed by atoms with Crippen molar-refractivity contribution in [3.8, 4) is 0 Å². The zero-order valence-corrected chi connectivity index (χ0v) is 10.6. The largest absolute Gasteiger partial charge is 0.480 e. The molecule has 0 saturated heterocycles. The first-order valence-electron chi connectivity index (χ1n) is 4.97. The summed E-state index contributed by atoms with van der Waals surface area (Å²) in [4.78, 5) is 22.7. The minimum absolute atomic E-state index is 0.104. The Kier molecular flexibility index (Phi) is 5.40. The van der Waals surface area contributed by atoms with Gasteiger partial charge in [0, 0.05) is 16.7 Å². The summed E-state index contributed by atoms with van der Waals surface area (Å²) in [6, 6.07) is 0.784. The minimum Gasteiger partial charge on any atom is -0.480 e. The van der Waals surface area contributed by atoms with Gasteiger partial charge in [-0.25, -0.2) is 0 Å². The molecule has 0 aliphatic carbocycles. The summed E-state index contributed by atoms with van der Waals surface area (Å²) < 4.78 is 0.